The zero-order valence-corrected chi connectivity index (χ0v) is 25.5. The van der Waals surface area contributed by atoms with Gasteiger partial charge >= 0.3 is 6.09 Å². The van der Waals surface area contributed by atoms with Crippen molar-refractivity contribution in [2.45, 2.75) is 57.7 Å². The number of amides is 1. The molecule has 1 amide bonds. The first-order valence-electron chi connectivity index (χ1n) is 14.2. The third kappa shape index (κ3) is 5.31. The molecule has 2 fully saturated rings. The number of ether oxygens (including phenoxy) is 3. The molecule has 4 aromatic rings. The van der Waals surface area contributed by atoms with Crippen LogP contribution in [0, 0.1) is 11.6 Å². The van der Waals surface area contributed by atoms with Crippen LogP contribution < -0.4 is 9.64 Å². The maximum Gasteiger partial charge on any atom is 0.411 e. The smallest absolute Gasteiger partial charge is 0.411 e. The van der Waals surface area contributed by atoms with Crippen molar-refractivity contribution in [2.75, 3.05) is 31.9 Å². The Morgan fingerprint density at radius 3 is 2.63 bits per heavy atom. The number of fused-ring (bicyclic) bond motifs is 4. The van der Waals surface area contributed by atoms with Crippen molar-refractivity contribution in [2.24, 2.45) is 0 Å². The van der Waals surface area contributed by atoms with E-state index >= 15 is 8.78 Å². The zero-order chi connectivity index (χ0) is 30.7. The number of carbonyl (C=O) groups is 1. The van der Waals surface area contributed by atoms with E-state index in [0.717, 1.165) is 18.2 Å². The molecule has 0 spiro atoms. The van der Waals surface area contributed by atoms with Crippen molar-refractivity contribution in [3.8, 4) is 16.9 Å². The van der Waals surface area contributed by atoms with E-state index in [1.165, 1.54) is 13.2 Å². The van der Waals surface area contributed by atoms with Gasteiger partial charge in [0.15, 0.2) is 12.6 Å². The lowest BCUT2D eigenvalue weighted by molar-refractivity contribution is -0.00279. The fraction of sp³-hybridized carbons (Fsp3) is 0.406. The molecular formula is C32H33ClF2N4O4. The first-order valence-corrected chi connectivity index (χ1v) is 14.5. The van der Waals surface area contributed by atoms with Gasteiger partial charge < -0.3 is 19.1 Å². The Bertz CT molecular complexity index is 1750. The SMILES string of the molecule is COCOc1cc(-c2c(F)cc3c(N4C[C@H]5CC[C@@](C)(C4)N5C(=O)OC(C)(C)C)nc(Cl)nc3c2F)c2ccccc2c1. The predicted octanol–water partition coefficient (Wildman–Crippen LogP) is 7.34. The summed E-state index contributed by atoms with van der Waals surface area (Å²) in [6.45, 7) is 8.28. The van der Waals surface area contributed by atoms with Gasteiger partial charge in [0.05, 0.1) is 17.1 Å². The number of anilines is 1. The molecule has 226 valence electrons. The molecule has 11 heteroatoms. The largest absolute Gasteiger partial charge is 0.468 e. The standard InChI is InChI=1S/C32H33ClF2N4O4/c1-31(2,3)43-30(40)39-19-10-11-32(39,4)16-38(15-19)28-23-14-24(34)25(26(35)27(23)36-29(33)37-28)22-13-20(42-17-41-5)12-18-8-6-7-9-21(18)22/h6-9,12-14,19H,10-11,15-17H2,1-5H3/t19-,32+/m1/s1. The molecule has 0 aliphatic carbocycles. The van der Waals surface area contributed by atoms with Crippen molar-refractivity contribution < 1.29 is 27.8 Å². The van der Waals surface area contributed by atoms with E-state index in [1.54, 1.807) is 24.3 Å². The molecule has 1 aromatic heterocycles. The molecule has 6 rings (SSSR count). The number of aromatic nitrogens is 2. The molecule has 0 N–H and O–H groups in total. The maximum absolute atomic E-state index is 16.5. The first-order chi connectivity index (χ1) is 20.4. The summed E-state index contributed by atoms with van der Waals surface area (Å²) in [5.41, 5.74) is -1.21. The van der Waals surface area contributed by atoms with Gasteiger partial charge in [-0.25, -0.2) is 18.6 Å². The number of carbonyl (C=O) groups excluding carboxylic acids is 1. The molecule has 2 saturated heterocycles. The summed E-state index contributed by atoms with van der Waals surface area (Å²) in [5.74, 6) is -0.894. The molecule has 8 nitrogen and oxygen atoms in total. The Hall–Kier alpha value is -3.76. The van der Waals surface area contributed by atoms with Gasteiger partial charge in [0.2, 0.25) is 5.28 Å². The highest BCUT2D eigenvalue weighted by atomic mass is 35.5. The molecule has 2 atom stereocenters. The molecule has 0 radical (unpaired) electrons. The number of nitrogens with zero attached hydrogens (tertiary/aromatic N) is 4. The van der Waals surface area contributed by atoms with Crippen LogP contribution in [-0.2, 0) is 9.47 Å². The Balaban J connectivity index is 1.44. The molecule has 3 heterocycles. The molecule has 43 heavy (non-hydrogen) atoms. The van der Waals surface area contributed by atoms with Crippen molar-refractivity contribution in [3.63, 3.8) is 0 Å². The first kappa shape index (κ1) is 29.3. The van der Waals surface area contributed by atoms with Gasteiger partial charge in [0.25, 0.3) is 0 Å². The highest BCUT2D eigenvalue weighted by Crippen LogP contribution is 2.44. The normalized spacial score (nSPS) is 20.2. The van der Waals surface area contributed by atoms with Crippen LogP contribution in [0.3, 0.4) is 0 Å². The van der Waals surface area contributed by atoms with E-state index in [4.69, 9.17) is 25.8 Å². The summed E-state index contributed by atoms with van der Waals surface area (Å²) in [7, 11) is 1.49. The minimum atomic E-state index is -0.851. The number of halogens is 3. The maximum atomic E-state index is 16.5. The lowest BCUT2D eigenvalue weighted by Gasteiger charge is -2.47. The van der Waals surface area contributed by atoms with Gasteiger partial charge in [-0.1, -0.05) is 24.3 Å². The van der Waals surface area contributed by atoms with Crippen molar-refractivity contribution in [3.05, 3.63) is 59.4 Å². The minimum Gasteiger partial charge on any atom is -0.468 e. The second kappa shape index (κ2) is 10.7. The zero-order valence-electron chi connectivity index (χ0n) is 24.7. The molecule has 2 aliphatic heterocycles. The van der Waals surface area contributed by atoms with Crippen LogP contribution >= 0.6 is 11.6 Å². The van der Waals surface area contributed by atoms with Gasteiger partial charge in [-0.05, 0) is 86.7 Å². The minimum absolute atomic E-state index is 0.0201. The lowest BCUT2D eigenvalue weighted by Crippen LogP contribution is -2.63. The average molecular weight is 611 g/mol. The van der Waals surface area contributed by atoms with Crippen LogP contribution in [0.2, 0.25) is 5.28 Å². The molecule has 2 aliphatic rings. The van der Waals surface area contributed by atoms with Crippen molar-refractivity contribution in [1.29, 1.82) is 0 Å². The molecule has 3 aromatic carbocycles. The van der Waals surface area contributed by atoms with Gasteiger partial charge in [0, 0.05) is 25.6 Å². The van der Waals surface area contributed by atoms with Crippen molar-refractivity contribution in [1.82, 2.24) is 14.9 Å². The number of benzene rings is 3. The van der Waals surface area contributed by atoms with Crippen LogP contribution in [0.15, 0.2) is 42.5 Å². The van der Waals surface area contributed by atoms with Gasteiger partial charge in [0.1, 0.15) is 28.5 Å². The summed E-state index contributed by atoms with van der Waals surface area (Å²) in [6, 6.07) is 11.8. The highest BCUT2D eigenvalue weighted by molar-refractivity contribution is 6.29. The molecule has 0 unspecified atom stereocenters. The molecule has 2 bridgehead atoms. The summed E-state index contributed by atoms with van der Waals surface area (Å²) < 4.78 is 49.0. The van der Waals surface area contributed by atoms with Crippen LogP contribution in [-0.4, -0.2) is 65.1 Å². The Morgan fingerprint density at radius 2 is 1.91 bits per heavy atom. The number of methoxy groups -OCH3 is 1. The second-order valence-corrected chi connectivity index (χ2v) is 12.8. The fourth-order valence-corrected chi connectivity index (χ4v) is 6.57. The van der Waals surface area contributed by atoms with E-state index in [9.17, 15) is 4.79 Å². The number of hydrogen-bond acceptors (Lipinski definition) is 7. The number of piperazine rings is 1. The topological polar surface area (TPSA) is 77.0 Å². The lowest BCUT2D eigenvalue weighted by atomic mass is 9.95. The van der Waals surface area contributed by atoms with Crippen LogP contribution in [0.5, 0.6) is 5.75 Å². The second-order valence-electron chi connectivity index (χ2n) is 12.4. The quantitative estimate of drug-likeness (QED) is 0.173. The number of hydrogen-bond donors (Lipinski definition) is 0. The van der Waals surface area contributed by atoms with E-state index in [-0.39, 0.29) is 40.7 Å². The van der Waals surface area contributed by atoms with Crippen LogP contribution in [0.1, 0.15) is 40.5 Å². The monoisotopic (exact) mass is 610 g/mol. The van der Waals surface area contributed by atoms with Crippen molar-refractivity contribution >= 4 is 45.2 Å². The van der Waals surface area contributed by atoms with Gasteiger partial charge in [-0.3, -0.25) is 4.90 Å². The summed E-state index contributed by atoms with van der Waals surface area (Å²) >= 11 is 6.38. The van der Waals surface area contributed by atoms with E-state index < -0.39 is 22.8 Å². The summed E-state index contributed by atoms with van der Waals surface area (Å²) in [4.78, 5) is 25.6. The third-order valence-electron chi connectivity index (χ3n) is 8.10. The number of rotatable bonds is 5. The molecular weight excluding hydrogens is 578 g/mol. The summed E-state index contributed by atoms with van der Waals surface area (Å²) in [5, 5.41) is 1.44. The van der Waals surface area contributed by atoms with E-state index in [1.807, 2.05) is 49.6 Å². The summed E-state index contributed by atoms with van der Waals surface area (Å²) in [6.07, 6.45) is 1.16. The fourth-order valence-electron chi connectivity index (χ4n) is 6.41. The highest BCUT2D eigenvalue weighted by Gasteiger charge is 2.52. The van der Waals surface area contributed by atoms with E-state index in [2.05, 4.69) is 9.97 Å². The predicted molar refractivity (Wildman–Crippen MR) is 162 cm³/mol. The van der Waals surface area contributed by atoms with Gasteiger partial charge in [-0.2, -0.15) is 4.98 Å². The Labute approximate surface area is 253 Å². The van der Waals surface area contributed by atoms with E-state index in [0.29, 0.717) is 35.6 Å². The Kier molecular flexibility index (Phi) is 7.33. The van der Waals surface area contributed by atoms with Crippen LogP contribution in [0.4, 0.5) is 19.4 Å². The third-order valence-corrected chi connectivity index (χ3v) is 8.27. The molecule has 0 saturated carbocycles. The Morgan fingerprint density at radius 1 is 1.14 bits per heavy atom. The van der Waals surface area contributed by atoms with Gasteiger partial charge in [-0.15, -0.1) is 0 Å². The van der Waals surface area contributed by atoms with Crippen LogP contribution in [0.25, 0.3) is 32.8 Å². The average Bonchev–Trinajstić information content (AvgIpc) is 3.15.